The second kappa shape index (κ2) is 4.78. The van der Waals surface area contributed by atoms with Gasteiger partial charge < -0.3 is 5.11 Å². The Labute approximate surface area is 110 Å². The van der Waals surface area contributed by atoms with E-state index in [9.17, 15) is 23.6 Å². The fraction of sp³-hybridized carbons (Fsp3) is 0. The molecule has 100 valence electrons. The molecule has 0 saturated heterocycles. The van der Waals surface area contributed by atoms with Crippen molar-refractivity contribution in [1.29, 1.82) is 0 Å². The molecule has 0 aliphatic rings. The average molecular weight is 302 g/mol. The molecule has 2 rings (SSSR count). The van der Waals surface area contributed by atoms with Gasteiger partial charge in [0.25, 0.3) is 10.0 Å². The molecule has 0 saturated carbocycles. The molecule has 0 aliphatic carbocycles. The SMILES string of the molecule is O=[N+]([O-])c1cc(S(=O)(=O)Nc2nncs2)ccc1O. The van der Waals surface area contributed by atoms with Crippen molar-refractivity contribution in [2.24, 2.45) is 0 Å². The van der Waals surface area contributed by atoms with Crippen LogP contribution in [0.4, 0.5) is 10.8 Å². The fourth-order valence-electron chi connectivity index (χ4n) is 1.21. The quantitative estimate of drug-likeness (QED) is 0.634. The summed E-state index contributed by atoms with van der Waals surface area (Å²) >= 11 is 0.962. The standard InChI is InChI=1S/C8H6N4O5S2/c13-7-2-1-5(3-6(7)12(14)15)19(16,17)11-8-10-9-4-18-8/h1-4,13H,(H,10,11). The van der Waals surface area contributed by atoms with E-state index < -0.39 is 26.4 Å². The number of sulfonamides is 1. The van der Waals surface area contributed by atoms with Crippen LogP contribution in [0.5, 0.6) is 5.75 Å². The number of nitro benzene ring substituents is 1. The Morgan fingerprint density at radius 3 is 2.74 bits per heavy atom. The van der Waals surface area contributed by atoms with Gasteiger partial charge in [-0.15, -0.1) is 10.2 Å². The van der Waals surface area contributed by atoms with Gasteiger partial charge in [-0.1, -0.05) is 11.3 Å². The second-order valence-corrected chi connectivity index (χ2v) is 5.77. The van der Waals surface area contributed by atoms with E-state index in [1.807, 2.05) is 0 Å². The first-order chi connectivity index (χ1) is 8.90. The third-order valence-electron chi connectivity index (χ3n) is 2.04. The van der Waals surface area contributed by atoms with E-state index in [1.54, 1.807) is 0 Å². The molecule has 0 fully saturated rings. The Morgan fingerprint density at radius 1 is 1.42 bits per heavy atom. The number of nitro groups is 1. The summed E-state index contributed by atoms with van der Waals surface area (Å²) in [6.45, 7) is 0. The van der Waals surface area contributed by atoms with Gasteiger partial charge in [-0.3, -0.25) is 14.8 Å². The summed E-state index contributed by atoms with van der Waals surface area (Å²) in [7, 11) is -4.01. The van der Waals surface area contributed by atoms with Crippen LogP contribution < -0.4 is 4.72 Å². The Kier molecular flexibility index (Phi) is 3.31. The average Bonchev–Trinajstić information content (AvgIpc) is 2.80. The van der Waals surface area contributed by atoms with Gasteiger partial charge in [0.2, 0.25) is 5.13 Å². The van der Waals surface area contributed by atoms with Crippen molar-refractivity contribution >= 4 is 32.2 Å². The number of hydrogen-bond acceptors (Lipinski definition) is 8. The molecule has 0 unspecified atom stereocenters. The van der Waals surface area contributed by atoms with E-state index in [0.29, 0.717) is 0 Å². The van der Waals surface area contributed by atoms with Crippen LogP contribution in [0.25, 0.3) is 0 Å². The third kappa shape index (κ3) is 2.77. The van der Waals surface area contributed by atoms with Crippen molar-refractivity contribution in [3.05, 3.63) is 33.8 Å². The van der Waals surface area contributed by atoms with Gasteiger partial charge >= 0.3 is 5.69 Å². The number of phenols is 1. The lowest BCUT2D eigenvalue weighted by atomic mass is 10.3. The van der Waals surface area contributed by atoms with Gasteiger partial charge in [-0.05, 0) is 12.1 Å². The van der Waals surface area contributed by atoms with Crippen molar-refractivity contribution < 1.29 is 18.4 Å². The number of anilines is 1. The molecule has 11 heteroatoms. The van der Waals surface area contributed by atoms with E-state index >= 15 is 0 Å². The lowest BCUT2D eigenvalue weighted by Crippen LogP contribution is -2.13. The minimum Gasteiger partial charge on any atom is -0.502 e. The van der Waals surface area contributed by atoms with Gasteiger partial charge in [-0.25, -0.2) is 8.42 Å². The van der Waals surface area contributed by atoms with Crippen LogP contribution in [0.15, 0.2) is 28.6 Å². The maximum atomic E-state index is 11.9. The number of aromatic hydroxyl groups is 1. The van der Waals surface area contributed by atoms with Crippen LogP contribution in [0.2, 0.25) is 0 Å². The topological polar surface area (TPSA) is 135 Å². The number of nitrogens with zero attached hydrogens (tertiary/aromatic N) is 3. The van der Waals surface area contributed by atoms with Crippen LogP contribution in [0, 0.1) is 10.1 Å². The van der Waals surface area contributed by atoms with E-state index in [-0.39, 0.29) is 10.0 Å². The van der Waals surface area contributed by atoms with E-state index in [4.69, 9.17) is 0 Å². The second-order valence-electron chi connectivity index (χ2n) is 3.26. The van der Waals surface area contributed by atoms with Crippen LogP contribution in [0.3, 0.4) is 0 Å². The van der Waals surface area contributed by atoms with Gasteiger partial charge in [0.05, 0.1) is 9.82 Å². The van der Waals surface area contributed by atoms with Crippen molar-refractivity contribution in [3.63, 3.8) is 0 Å². The van der Waals surface area contributed by atoms with Crippen LogP contribution in [-0.2, 0) is 10.0 Å². The monoisotopic (exact) mass is 302 g/mol. The van der Waals surface area contributed by atoms with Crippen molar-refractivity contribution in [1.82, 2.24) is 10.2 Å². The highest BCUT2D eigenvalue weighted by molar-refractivity contribution is 7.93. The lowest BCUT2D eigenvalue weighted by Gasteiger charge is -2.04. The first-order valence-corrected chi connectivity index (χ1v) is 7.03. The highest BCUT2D eigenvalue weighted by Gasteiger charge is 2.21. The number of benzene rings is 1. The molecule has 2 N–H and O–H groups in total. The Balaban J connectivity index is 2.41. The van der Waals surface area contributed by atoms with Crippen molar-refractivity contribution in [3.8, 4) is 5.75 Å². The predicted molar refractivity (Wildman–Crippen MR) is 65.5 cm³/mol. The lowest BCUT2D eigenvalue weighted by molar-refractivity contribution is -0.386. The first-order valence-electron chi connectivity index (χ1n) is 4.66. The van der Waals surface area contributed by atoms with Gasteiger partial charge in [0, 0.05) is 6.07 Å². The number of hydrogen-bond donors (Lipinski definition) is 2. The third-order valence-corrected chi connectivity index (χ3v) is 4.11. The summed E-state index contributed by atoms with van der Waals surface area (Å²) < 4.78 is 25.9. The molecule has 0 radical (unpaired) electrons. The normalized spacial score (nSPS) is 11.2. The molecular weight excluding hydrogens is 296 g/mol. The van der Waals surface area contributed by atoms with Crippen LogP contribution >= 0.6 is 11.3 Å². The zero-order chi connectivity index (χ0) is 14.0. The van der Waals surface area contributed by atoms with E-state index in [1.165, 1.54) is 5.51 Å². The molecule has 1 heterocycles. The molecule has 0 amide bonds. The summed E-state index contributed by atoms with van der Waals surface area (Å²) in [5.74, 6) is -0.611. The van der Waals surface area contributed by atoms with Crippen molar-refractivity contribution in [2.45, 2.75) is 4.90 Å². The van der Waals surface area contributed by atoms with E-state index in [2.05, 4.69) is 14.9 Å². The zero-order valence-electron chi connectivity index (χ0n) is 9.05. The molecule has 1 aromatic carbocycles. The summed E-state index contributed by atoms with van der Waals surface area (Å²) in [6.07, 6.45) is 0. The molecule has 19 heavy (non-hydrogen) atoms. The summed E-state index contributed by atoms with van der Waals surface area (Å²) in [6, 6.07) is 2.75. The molecule has 0 spiro atoms. The molecule has 0 aliphatic heterocycles. The highest BCUT2D eigenvalue weighted by Crippen LogP contribution is 2.29. The Hall–Kier alpha value is -2.27. The minimum atomic E-state index is -4.01. The van der Waals surface area contributed by atoms with Crippen LogP contribution in [-0.4, -0.2) is 28.6 Å². The Bertz CT molecular complexity index is 713. The van der Waals surface area contributed by atoms with E-state index in [0.717, 1.165) is 29.5 Å². The number of aromatic nitrogens is 2. The maximum Gasteiger partial charge on any atom is 0.312 e. The molecule has 9 nitrogen and oxygen atoms in total. The highest BCUT2D eigenvalue weighted by atomic mass is 32.2. The van der Waals surface area contributed by atoms with Gasteiger partial charge in [0.15, 0.2) is 5.75 Å². The number of rotatable bonds is 4. The largest absolute Gasteiger partial charge is 0.502 e. The first kappa shape index (κ1) is 13.2. The van der Waals surface area contributed by atoms with Crippen LogP contribution in [0.1, 0.15) is 0 Å². The summed E-state index contributed by atoms with van der Waals surface area (Å²) in [5.41, 5.74) is 0.636. The molecule has 1 aromatic heterocycles. The summed E-state index contributed by atoms with van der Waals surface area (Å²) in [4.78, 5) is 9.40. The molecule has 0 bridgehead atoms. The molecular formula is C8H6N4O5S2. The van der Waals surface area contributed by atoms with Gasteiger partial charge in [0.1, 0.15) is 5.51 Å². The predicted octanol–water partition coefficient (Wildman–Crippen LogP) is 0.953. The fourth-order valence-corrected chi connectivity index (χ4v) is 2.92. The number of nitrogens with one attached hydrogen (secondary N) is 1. The van der Waals surface area contributed by atoms with Gasteiger partial charge in [-0.2, -0.15) is 0 Å². The molecule has 2 aromatic rings. The smallest absolute Gasteiger partial charge is 0.312 e. The maximum absolute atomic E-state index is 11.9. The summed E-state index contributed by atoms with van der Waals surface area (Å²) in [5, 5.41) is 26.9. The van der Waals surface area contributed by atoms with Crippen molar-refractivity contribution in [2.75, 3.05) is 4.72 Å². The molecule has 0 atom stereocenters. The Morgan fingerprint density at radius 2 is 2.16 bits per heavy atom. The zero-order valence-corrected chi connectivity index (χ0v) is 10.7. The minimum absolute atomic E-state index is 0.0377. The number of phenolic OH excluding ortho intramolecular Hbond substituents is 1.